The molecule has 7 heteroatoms. The van der Waals surface area contributed by atoms with Crippen LogP contribution in [0.4, 0.5) is 14.9 Å². The first-order valence-corrected chi connectivity index (χ1v) is 8.40. The summed E-state index contributed by atoms with van der Waals surface area (Å²) in [6, 6.07) is 13.0. The Morgan fingerprint density at radius 1 is 1.12 bits per heavy atom. The predicted octanol–water partition coefficient (Wildman–Crippen LogP) is 2.80. The van der Waals surface area contributed by atoms with E-state index in [-0.39, 0.29) is 18.4 Å². The standard InChI is InChI=1S/C19H20FN3O3/c20-14-6-4-13(5-7-14)12-26-17-3-1-2-16(10-17)21-11-18(24)23-19(25)22-15-8-9-15/h1-7,10,15,21H,8-9,11-12H2,(H2,22,23,24,25). The number of imide groups is 1. The summed E-state index contributed by atoms with van der Waals surface area (Å²) in [6.07, 6.45) is 1.93. The van der Waals surface area contributed by atoms with E-state index in [0.29, 0.717) is 18.0 Å². The Labute approximate surface area is 150 Å². The Morgan fingerprint density at radius 2 is 1.88 bits per heavy atom. The van der Waals surface area contributed by atoms with E-state index in [4.69, 9.17) is 4.74 Å². The number of halogens is 1. The molecule has 26 heavy (non-hydrogen) atoms. The van der Waals surface area contributed by atoms with Gasteiger partial charge >= 0.3 is 6.03 Å². The quantitative estimate of drug-likeness (QED) is 0.712. The van der Waals surface area contributed by atoms with E-state index in [1.54, 1.807) is 36.4 Å². The smallest absolute Gasteiger partial charge is 0.321 e. The zero-order chi connectivity index (χ0) is 18.4. The van der Waals surface area contributed by atoms with Gasteiger partial charge in [0, 0.05) is 17.8 Å². The van der Waals surface area contributed by atoms with Crippen molar-refractivity contribution in [1.29, 1.82) is 0 Å². The van der Waals surface area contributed by atoms with Crippen LogP contribution < -0.4 is 20.7 Å². The molecule has 1 saturated carbocycles. The van der Waals surface area contributed by atoms with E-state index in [0.717, 1.165) is 18.4 Å². The molecule has 0 bridgehead atoms. The number of hydrogen-bond donors (Lipinski definition) is 3. The van der Waals surface area contributed by atoms with Crippen molar-refractivity contribution in [2.24, 2.45) is 0 Å². The van der Waals surface area contributed by atoms with Crippen molar-refractivity contribution in [3.63, 3.8) is 0 Å². The third-order valence-corrected chi connectivity index (χ3v) is 3.77. The minimum Gasteiger partial charge on any atom is -0.489 e. The van der Waals surface area contributed by atoms with Crippen molar-refractivity contribution < 1.29 is 18.7 Å². The van der Waals surface area contributed by atoms with Crippen LogP contribution in [0.15, 0.2) is 48.5 Å². The lowest BCUT2D eigenvalue weighted by Gasteiger charge is -2.10. The molecular weight excluding hydrogens is 337 g/mol. The number of hydrogen-bond acceptors (Lipinski definition) is 4. The van der Waals surface area contributed by atoms with Crippen molar-refractivity contribution in [3.05, 3.63) is 59.9 Å². The number of benzene rings is 2. The van der Waals surface area contributed by atoms with Crippen molar-refractivity contribution in [2.45, 2.75) is 25.5 Å². The molecule has 3 rings (SSSR count). The molecule has 1 aliphatic rings. The lowest BCUT2D eigenvalue weighted by Crippen LogP contribution is -2.42. The molecule has 0 atom stereocenters. The molecule has 0 radical (unpaired) electrons. The van der Waals surface area contributed by atoms with Gasteiger partial charge in [0.05, 0.1) is 6.54 Å². The molecule has 0 unspecified atom stereocenters. The highest BCUT2D eigenvalue weighted by atomic mass is 19.1. The van der Waals surface area contributed by atoms with Crippen molar-refractivity contribution in [1.82, 2.24) is 10.6 Å². The first-order valence-electron chi connectivity index (χ1n) is 8.40. The van der Waals surface area contributed by atoms with Gasteiger partial charge in [0.1, 0.15) is 18.2 Å². The Morgan fingerprint density at radius 3 is 2.62 bits per heavy atom. The van der Waals surface area contributed by atoms with Gasteiger partial charge in [-0.05, 0) is 42.7 Å². The average Bonchev–Trinajstić information content (AvgIpc) is 3.44. The predicted molar refractivity (Wildman–Crippen MR) is 95.4 cm³/mol. The van der Waals surface area contributed by atoms with E-state index in [2.05, 4.69) is 16.0 Å². The van der Waals surface area contributed by atoms with Crippen LogP contribution >= 0.6 is 0 Å². The van der Waals surface area contributed by atoms with Crippen molar-refractivity contribution in [3.8, 4) is 5.75 Å². The molecule has 0 spiro atoms. The van der Waals surface area contributed by atoms with Crippen LogP contribution in [0.5, 0.6) is 5.75 Å². The molecule has 6 nitrogen and oxygen atoms in total. The van der Waals surface area contributed by atoms with Crippen molar-refractivity contribution in [2.75, 3.05) is 11.9 Å². The maximum atomic E-state index is 12.9. The number of carbonyl (C=O) groups excluding carboxylic acids is 2. The third kappa shape index (κ3) is 5.77. The van der Waals surface area contributed by atoms with E-state index in [1.165, 1.54) is 12.1 Å². The van der Waals surface area contributed by atoms with Gasteiger partial charge in [0.15, 0.2) is 0 Å². The van der Waals surface area contributed by atoms with Crippen LogP contribution in [0.3, 0.4) is 0 Å². The van der Waals surface area contributed by atoms with Gasteiger partial charge in [-0.1, -0.05) is 18.2 Å². The van der Waals surface area contributed by atoms with E-state index in [1.807, 2.05) is 0 Å². The summed E-state index contributed by atoms with van der Waals surface area (Å²) in [5.74, 6) is -0.0870. The highest BCUT2D eigenvalue weighted by molar-refractivity contribution is 5.96. The Balaban J connectivity index is 1.44. The minimum atomic E-state index is -0.462. The fourth-order valence-corrected chi connectivity index (χ4v) is 2.25. The zero-order valence-electron chi connectivity index (χ0n) is 14.1. The number of anilines is 1. The van der Waals surface area contributed by atoms with Crippen LogP contribution in [0, 0.1) is 5.82 Å². The summed E-state index contributed by atoms with van der Waals surface area (Å²) in [5, 5.41) is 7.90. The van der Waals surface area contributed by atoms with Gasteiger partial charge in [-0.25, -0.2) is 9.18 Å². The minimum absolute atomic E-state index is 0.0283. The molecule has 136 valence electrons. The molecule has 1 fully saturated rings. The van der Waals surface area contributed by atoms with Gasteiger partial charge in [-0.3, -0.25) is 10.1 Å². The largest absolute Gasteiger partial charge is 0.489 e. The summed E-state index contributed by atoms with van der Waals surface area (Å²) < 4.78 is 18.6. The van der Waals surface area contributed by atoms with Crippen LogP contribution in [0.25, 0.3) is 0 Å². The van der Waals surface area contributed by atoms with Crippen LogP contribution in [0.2, 0.25) is 0 Å². The molecule has 2 aromatic carbocycles. The Kier molecular flexibility index (Phi) is 5.68. The van der Waals surface area contributed by atoms with E-state index < -0.39 is 11.9 Å². The van der Waals surface area contributed by atoms with Gasteiger partial charge in [0.2, 0.25) is 5.91 Å². The number of carbonyl (C=O) groups is 2. The van der Waals surface area contributed by atoms with Gasteiger partial charge in [-0.15, -0.1) is 0 Å². The molecule has 2 aromatic rings. The highest BCUT2D eigenvalue weighted by Gasteiger charge is 2.23. The molecular formula is C19H20FN3O3. The first kappa shape index (κ1) is 17.7. The number of amides is 3. The molecule has 1 aliphatic carbocycles. The summed E-state index contributed by atoms with van der Waals surface area (Å²) in [4.78, 5) is 23.3. The maximum absolute atomic E-state index is 12.9. The number of ether oxygens (including phenoxy) is 1. The lowest BCUT2D eigenvalue weighted by molar-refractivity contribution is -0.118. The van der Waals surface area contributed by atoms with Crippen LogP contribution in [-0.2, 0) is 11.4 Å². The monoisotopic (exact) mass is 357 g/mol. The molecule has 3 amide bonds. The second-order valence-corrected chi connectivity index (χ2v) is 6.09. The molecule has 0 aliphatic heterocycles. The molecule has 0 aromatic heterocycles. The summed E-state index contributed by atoms with van der Waals surface area (Å²) in [7, 11) is 0. The van der Waals surface area contributed by atoms with Crippen molar-refractivity contribution >= 4 is 17.6 Å². The summed E-state index contributed by atoms with van der Waals surface area (Å²) in [6.45, 7) is 0.283. The highest BCUT2D eigenvalue weighted by Crippen LogP contribution is 2.19. The van der Waals surface area contributed by atoms with Crippen LogP contribution in [-0.4, -0.2) is 24.5 Å². The third-order valence-electron chi connectivity index (χ3n) is 3.77. The summed E-state index contributed by atoms with van der Waals surface area (Å²) in [5.41, 5.74) is 1.55. The Bertz CT molecular complexity index is 776. The van der Waals surface area contributed by atoms with Gasteiger partial charge in [-0.2, -0.15) is 0 Å². The fourth-order valence-electron chi connectivity index (χ4n) is 2.25. The first-order chi connectivity index (χ1) is 12.6. The van der Waals surface area contributed by atoms with Gasteiger partial charge in [0.25, 0.3) is 0 Å². The van der Waals surface area contributed by atoms with Crippen LogP contribution in [0.1, 0.15) is 18.4 Å². The average molecular weight is 357 g/mol. The number of nitrogens with one attached hydrogen (secondary N) is 3. The molecule has 0 saturated heterocycles. The van der Waals surface area contributed by atoms with E-state index in [9.17, 15) is 14.0 Å². The fraction of sp³-hybridized carbons (Fsp3) is 0.263. The van der Waals surface area contributed by atoms with E-state index >= 15 is 0 Å². The second-order valence-electron chi connectivity index (χ2n) is 6.09. The SMILES string of the molecule is O=C(CNc1cccc(OCc2ccc(F)cc2)c1)NC(=O)NC1CC1. The number of urea groups is 1. The zero-order valence-corrected chi connectivity index (χ0v) is 14.1. The maximum Gasteiger partial charge on any atom is 0.321 e. The second kappa shape index (κ2) is 8.33. The van der Waals surface area contributed by atoms with Gasteiger partial charge < -0.3 is 15.4 Å². The lowest BCUT2D eigenvalue weighted by atomic mass is 10.2. The molecule has 3 N–H and O–H groups in total. The normalized spacial score (nSPS) is 13.0. The Hall–Kier alpha value is -3.09. The topological polar surface area (TPSA) is 79.5 Å². The molecule has 0 heterocycles. The number of rotatable bonds is 7. The summed E-state index contributed by atoms with van der Waals surface area (Å²) >= 11 is 0.